The van der Waals surface area contributed by atoms with Crippen molar-refractivity contribution < 1.29 is 4.79 Å². The van der Waals surface area contributed by atoms with Gasteiger partial charge in [-0.3, -0.25) is 9.69 Å². The first-order chi connectivity index (χ1) is 12.7. The molecule has 6 heteroatoms. The van der Waals surface area contributed by atoms with Crippen molar-refractivity contribution in [3.8, 4) is 6.07 Å². The lowest BCUT2D eigenvalue weighted by molar-refractivity contribution is -0.132. The van der Waals surface area contributed by atoms with Crippen molar-refractivity contribution >= 4 is 11.6 Å². The first kappa shape index (κ1) is 17.3. The van der Waals surface area contributed by atoms with Gasteiger partial charge in [-0.15, -0.1) is 0 Å². The molecule has 3 fully saturated rings. The number of nitriles is 1. The molecular weight excluding hydrogens is 326 g/mol. The minimum atomic E-state index is -0.553. The van der Waals surface area contributed by atoms with Crippen LogP contribution in [0.2, 0.25) is 0 Å². The average Bonchev–Trinajstić information content (AvgIpc) is 3.39. The molecule has 0 spiro atoms. The minimum absolute atomic E-state index is 0.183. The number of carbonyl (C=O) groups is 1. The van der Waals surface area contributed by atoms with Crippen LogP contribution < -0.4 is 10.2 Å². The van der Waals surface area contributed by atoms with Gasteiger partial charge in [-0.2, -0.15) is 5.26 Å². The van der Waals surface area contributed by atoms with Crippen LogP contribution in [0.3, 0.4) is 0 Å². The Morgan fingerprint density at radius 1 is 1.08 bits per heavy atom. The molecule has 0 aliphatic carbocycles. The molecule has 0 unspecified atom stereocenters. The van der Waals surface area contributed by atoms with Gasteiger partial charge in [-0.25, -0.2) is 0 Å². The molecule has 0 radical (unpaired) electrons. The number of para-hydroxylation sites is 1. The van der Waals surface area contributed by atoms with Gasteiger partial charge in [0, 0.05) is 57.9 Å². The summed E-state index contributed by atoms with van der Waals surface area (Å²) in [6.45, 7) is 5.86. The zero-order valence-electron chi connectivity index (χ0n) is 15.2. The number of likely N-dealkylation sites (tertiary alicyclic amines) is 1. The Kier molecular flexibility index (Phi) is 4.84. The molecule has 3 heterocycles. The number of hydrogen-bond donors (Lipinski definition) is 1. The van der Waals surface area contributed by atoms with Crippen LogP contribution in [0.4, 0.5) is 5.69 Å². The normalized spacial score (nSPS) is 29.7. The maximum Gasteiger partial charge on any atom is 0.239 e. The molecular formula is C20H27N5O. The van der Waals surface area contributed by atoms with E-state index in [-0.39, 0.29) is 11.9 Å². The van der Waals surface area contributed by atoms with E-state index in [1.54, 1.807) is 0 Å². The topological polar surface area (TPSA) is 62.6 Å². The van der Waals surface area contributed by atoms with Gasteiger partial charge in [0.2, 0.25) is 5.91 Å². The van der Waals surface area contributed by atoms with Crippen LogP contribution >= 0.6 is 0 Å². The van der Waals surface area contributed by atoms with Gasteiger partial charge in [0.25, 0.3) is 0 Å². The summed E-state index contributed by atoms with van der Waals surface area (Å²) < 4.78 is 0. The lowest BCUT2D eigenvalue weighted by Crippen LogP contribution is -2.57. The zero-order valence-corrected chi connectivity index (χ0v) is 15.2. The molecule has 1 aromatic rings. The Hall–Kier alpha value is -2.10. The van der Waals surface area contributed by atoms with Crippen molar-refractivity contribution in [2.75, 3.05) is 50.7 Å². The highest BCUT2D eigenvalue weighted by Gasteiger charge is 2.48. The van der Waals surface area contributed by atoms with Crippen LogP contribution in [0.25, 0.3) is 0 Å². The van der Waals surface area contributed by atoms with E-state index in [2.05, 4.69) is 45.5 Å². The van der Waals surface area contributed by atoms with Crippen LogP contribution in [-0.4, -0.2) is 73.1 Å². The number of rotatable bonds is 3. The highest BCUT2D eigenvalue weighted by molar-refractivity contribution is 5.83. The average molecular weight is 353 g/mol. The number of benzene rings is 1. The molecule has 0 bridgehead atoms. The van der Waals surface area contributed by atoms with Gasteiger partial charge in [0.15, 0.2) is 0 Å². The summed E-state index contributed by atoms with van der Waals surface area (Å²) in [5.41, 5.74) is 0.688. The summed E-state index contributed by atoms with van der Waals surface area (Å²) in [7, 11) is 0. The van der Waals surface area contributed by atoms with Gasteiger partial charge in [0.05, 0.1) is 12.1 Å². The van der Waals surface area contributed by atoms with Gasteiger partial charge in [-0.05, 0) is 25.0 Å². The fraction of sp³-hybridized carbons (Fsp3) is 0.600. The van der Waals surface area contributed by atoms with Crippen molar-refractivity contribution in [2.24, 2.45) is 0 Å². The molecule has 0 saturated carbocycles. The van der Waals surface area contributed by atoms with Crippen LogP contribution in [0.1, 0.15) is 19.3 Å². The lowest BCUT2D eigenvalue weighted by atomic mass is 9.94. The van der Waals surface area contributed by atoms with Crippen molar-refractivity contribution in [1.29, 1.82) is 5.26 Å². The molecule has 4 rings (SSSR count). The molecule has 2 atom stereocenters. The van der Waals surface area contributed by atoms with Crippen molar-refractivity contribution in [2.45, 2.75) is 30.8 Å². The number of carbonyl (C=O) groups excluding carboxylic acids is 1. The van der Waals surface area contributed by atoms with Crippen LogP contribution in [0.5, 0.6) is 0 Å². The van der Waals surface area contributed by atoms with E-state index >= 15 is 0 Å². The Labute approximate surface area is 155 Å². The summed E-state index contributed by atoms with van der Waals surface area (Å²) in [5.74, 6) is 0.183. The van der Waals surface area contributed by atoms with E-state index in [0.29, 0.717) is 13.0 Å². The summed E-state index contributed by atoms with van der Waals surface area (Å²) in [6.07, 6.45) is 2.80. The molecule has 3 aliphatic rings. The first-order valence-corrected chi connectivity index (χ1v) is 9.70. The summed E-state index contributed by atoms with van der Waals surface area (Å²) in [6, 6.07) is 12.8. The predicted octanol–water partition coefficient (Wildman–Crippen LogP) is 1.06. The molecule has 6 nitrogen and oxygen atoms in total. The number of amides is 1. The molecule has 1 N–H and O–H groups in total. The van der Waals surface area contributed by atoms with E-state index < -0.39 is 5.54 Å². The second kappa shape index (κ2) is 7.26. The van der Waals surface area contributed by atoms with Gasteiger partial charge >= 0.3 is 0 Å². The summed E-state index contributed by atoms with van der Waals surface area (Å²) >= 11 is 0. The standard InChI is InChI=1S/C20H27N5O/c21-15-20(14-18(22-16-20)19(26)24-8-4-5-9-24)25-12-10-23(11-13-25)17-6-2-1-3-7-17/h1-3,6-7,18,22H,4-5,8-14,16H2/t18-,20+/m0/s1. The SMILES string of the molecule is N#C[C@@]1(N2CCN(c3ccccc3)CC2)CN[C@H](C(=O)N2CCCC2)C1. The molecule has 3 aliphatic heterocycles. The molecule has 1 aromatic carbocycles. The number of piperazine rings is 1. The second-order valence-corrected chi connectivity index (χ2v) is 7.62. The summed E-state index contributed by atoms with van der Waals surface area (Å²) in [4.78, 5) is 19.3. The highest BCUT2D eigenvalue weighted by atomic mass is 16.2. The third-order valence-electron chi connectivity index (χ3n) is 6.11. The van der Waals surface area contributed by atoms with Crippen molar-refractivity contribution in [1.82, 2.24) is 15.1 Å². The largest absolute Gasteiger partial charge is 0.369 e. The molecule has 138 valence electrons. The molecule has 3 saturated heterocycles. The zero-order chi connectivity index (χ0) is 18.0. The van der Waals surface area contributed by atoms with E-state index in [0.717, 1.165) is 52.1 Å². The molecule has 26 heavy (non-hydrogen) atoms. The Bertz CT molecular complexity index is 673. The van der Waals surface area contributed by atoms with Crippen molar-refractivity contribution in [3.05, 3.63) is 30.3 Å². The Morgan fingerprint density at radius 2 is 1.77 bits per heavy atom. The van der Waals surface area contributed by atoms with Crippen molar-refractivity contribution in [3.63, 3.8) is 0 Å². The fourth-order valence-corrected chi connectivity index (χ4v) is 4.53. The van der Waals surface area contributed by atoms with E-state index in [9.17, 15) is 10.1 Å². The van der Waals surface area contributed by atoms with Crippen LogP contribution in [0, 0.1) is 11.3 Å². The predicted molar refractivity (Wildman–Crippen MR) is 101 cm³/mol. The van der Waals surface area contributed by atoms with Gasteiger partial charge in [0.1, 0.15) is 5.54 Å². The van der Waals surface area contributed by atoms with E-state index in [1.165, 1.54) is 5.69 Å². The minimum Gasteiger partial charge on any atom is -0.369 e. The van der Waals surface area contributed by atoms with Gasteiger partial charge < -0.3 is 15.1 Å². The smallest absolute Gasteiger partial charge is 0.239 e. The third kappa shape index (κ3) is 3.17. The fourth-order valence-electron chi connectivity index (χ4n) is 4.53. The highest BCUT2D eigenvalue weighted by Crippen LogP contribution is 2.29. The quantitative estimate of drug-likeness (QED) is 0.880. The number of hydrogen-bond acceptors (Lipinski definition) is 5. The maximum atomic E-state index is 12.7. The Morgan fingerprint density at radius 3 is 2.42 bits per heavy atom. The number of nitrogens with one attached hydrogen (secondary N) is 1. The Balaban J connectivity index is 1.39. The number of anilines is 1. The van der Waals surface area contributed by atoms with Crippen LogP contribution in [0.15, 0.2) is 30.3 Å². The maximum absolute atomic E-state index is 12.7. The van der Waals surface area contributed by atoms with E-state index in [1.807, 2.05) is 11.0 Å². The lowest BCUT2D eigenvalue weighted by Gasteiger charge is -2.42. The van der Waals surface area contributed by atoms with E-state index in [4.69, 9.17) is 0 Å². The molecule has 0 aromatic heterocycles. The monoisotopic (exact) mass is 353 g/mol. The van der Waals surface area contributed by atoms with Gasteiger partial charge in [-0.1, -0.05) is 18.2 Å². The summed E-state index contributed by atoms with van der Waals surface area (Å²) in [5, 5.41) is 13.3. The second-order valence-electron chi connectivity index (χ2n) is 7.62. The first-order valence-electron chi connectivity index (χ1n) is 9.70. The number of nitrogens with zero attached hydrogens (tertiary/aromatic N) is 4. The van der Waals surface area contributed by atoms with Crippen LogP contribution in [-0.2, 0) is 4.79 Å². The molecule has 1 amide bonds. The third-order valence-corrected chi connectivity index (χ3v) is 6.11.